The Morgan fingerprint density at radius 1 is 1.86 bits per heavy atom. The average molecular weight is 101 g/mol. The van der Waals surface area contributed by atoms with E-state index in [9.17, 15) is 10.1 Å². The Labute approximate surface area is 39.1 Å². The Morgan fingerprint density at radius 2 is 2.29 bits per heavy atom. The second kappa shape index (κ2) is 2.01. The maximum absolute atomic E-state index is 9.36. The summed E-state index contributed by atoms with van der Waals surface area (Å²) < 4.78 is 0. The van der Waals surface area contributed by atoms with E-state index in [-0.39, 0.29) is 0 Å². The summed E-state index contributed by atoms with van der Waals surface area (Å²) >= 11 is 0. The van der Waals surface area contributed by atoms with E-state index in [0.29, 0.717) is 6.21 Å². The third-order valence-corrected chi connectivity index (χ3v) is 0.333. The van der Waals surface area contributed by atoms with Crippen LogP contribution in [0.2, 0.25) is 0 Å². The van der Waals surface area contributed by atoms with Crippen LogP contribution in [0.3, 0.4) is 0 Å². The van der Waals surface area contributed by atoms with Crippen LogP contribution >= 0.6 is 0 Å². The number of amidine groups is 1. The fraction of sp³-hybridized carbons (Fsp3) is 0. The number of hydrogen-bond acceptors (Lipinski definition) is 4. The maximum atomic E-state index is 9.36. The third kappa shape index (κ3) is 1.58. The molecule has 0 aromatic carbocycles. The molecule has 0 fully saturated rings. The van der Waals surface area contributed by atoms with E-state index >= 15 is 0 Å². The van der Waals surface area contributed by atoms with Crippen LogP contribution in [0.5, 0.6) is 0 Å². The molecule has 5 nitrogen and oxygen atoms in total. The topological polar surface area (TPSA) is 90.8 Å². The van der Waals surface area contributed by atoms with Crippen LogP contribution in [0.25, 0.3) is 0 Å². The molecule has 0 spiro atoms. The monoisotopic (exact) mass is 101 g/mol. The molecule has 7 heavy (non-hydrogen) atoms. The molecule has 0 aliphatic carbocycles. The van der Waals surface area contributed by atoms with Crippen molar-refractivity contribution in [1.29, 1.82) is 10.8 Å². The highest BCUT2D eigenvalue weighted by Crippen LogP contribution is 1.64. The van der Waals surface area contributed by atoms with E-state index in [0.717, 1.165) is 0 Å². The zero-order valence-corrected chi connectivity index (χ0v) is 3.34. The van der Waals surface area contributed by atoms with Gasteiger partial charge in [0.05, 0.1) is 0 Å². The highest BCUT2D eigenvalue weighted by Gasteiger charge is 1.97. The van der Waals surface area contributed by atoms with E-state index < -0.39 is 10.8 Å². The first-order valence-electron chi connectivity index (χ1n) is 1.42. The zero-order valence-electron chi connectivity index (χ0n) is 3.34. The van der Waals surface area contributed by atoms with Gasteiger partial charge in [0.25, 0.3) is 0 Å². The van der Waals surface area contributed by atoms with Crippen molar-refractivity contribution < 1.29 is 4.92 Å². The van der Waals surface area contributed by atoms with Gasteiger partial charge in [-0.15, -0.1) is 0 Å². The Hall–Kier alpha value is -1.26. The highest BCUT2D eigenvalue weighted by molar-refractivity contribution is 6.22. The van der Waals surface area contributed by atoms with Gasteiger partial charge in [0.1, 0.15) is 6.21 Å². The normalized spacial score (nSPS) is 7.43. The Kier molecular flexibility index (Phi) is 1.65. The summed E-state index contributed by atoms with van der Waals surface area (Å²) in [6.07, 6.45) is 0.375. The van der Waals surface area contributed by atoms with Crippen molar-refractivity contribution in [2.45, 2.75) is 0 Å². The number of rotatable bonds is 1. The fourth-order valence-corrected chi connectivity index (χ4v) is 0.0527. The largest absolute Gasteiger partial charge is 0.373 e. The van der Waals surface area contributed by atoms with E-state index in [4.69, 9.17) is 10.8 Å². The molecule has 2 N–H and O–H groups in total. The van der Waals surface area contributed by atoms with Gasteiger partial charge >= 0.3 is 5.84 Å². The number of nitrogens with zero attached hydrogens (tertiary/aromatic N) is 1. The second-order valence-corrected chi connectivity index (χ2v) is 0.787. The number of nitrogens with one attached hydrogen (secondary N) is 2. The summed E-state index contributed by atoms with van der Waals surface area (Å²) in [6, 6.07) is 0. The molecule has 0 aliphatic rings. The van der Waals surface area contributed by atoms with Crippen LogP contribution in [-0.4, -0.2) is 17.0 Å². The average Bonchev–Trinajstić information content (AvgIpc) is 1.65. The lowest BCUT2D eigenvalue weighted by Gasteiger charge is -1.82. The molecular weight excluding hydrogens is 98.0 g/mol. The molecule has 0 aliphatic heterocycles. The Bertz CT molecular complexity index is 118. The first-order chi connectivity index (χ1) is 3.18. The van der Waals surface area contributed by atoms with Crippen molar-refractivity contribution in [2.24, 2.45) is 0 Å². The Balaban J connectivity index is 3.81. The standard InChI is InChI=1S/C2H3N3O2/c3-1-2(4)5(6)7/h1,3-4H. The second-order valence-electron chi connectivity index (χ2n) is 0.787. The van der Waals surface area contributed by atoms with Crippen molar-refractivity contribution in [1.82, 2.24) is 0 Å². The summed E-state index contributed by atoms with van der Waals surface area (Å²) in [5.41, 5.74) is 0. The minimum absolute atomic E-state index is 0.375. The molecule has 0 saturated heterocycles. The number of hydrogen-bond donors (Lipinski definition) is 2. The lowest BCUT2D eigenvalue weighted by Crippen LogP contribution is -2.09. The molecule has 0 saturated carbocycles. The molecule has 0 radical (unpaired) electrons. The SMILES string of the molecule is N=CC(=N)[N+](=O)[O-]. The molecule has 0 unspecified atom stereocenters. The molecule has 0 rings (SSSR count). The highest BCUT2D eigenvalue weighted by atomic mass is 16.6. The van der Waals surface area contributed by atoms with Crippen LogP contribution in [0.15, 0.2) is 0 Å². The predicted molar refractivity (Wildman–Crippen MR) is 23.5 cm³/mol. The molecular formula is C2H3N3O2. The molecule has 0 heterocycles. The quantitative estimate of drug-likeness (QED) is 0.209. The van der Waals surface area contributed by atoms with Crippen molar-refractivity contribution in [3.63, 3.8) is 0 Å². The van der Waals surface area contributed by atoms with Gasteiger partial charge in [0.15, 0.2) is 0 Å². The third-order valence-electron chi connectivity index (χ3n) is 0.333. The summed E-state index contributed by atoms with van der Waals surface area (Å²) in [6.45, 7) is 0. The van der Waals surface area contributed by atoms with Gasteiger partial charge in [0, 0.05) is 0 Å². The molecule has 0 atom stereocenters. The van der Waals surface area contributed by atoms with Crippen LogP contribution in [0.4, 0.5) is 0 Å². The van der Waals surface area contributed by atoms with Gasteiger partial charge in [-0.3, -0.25) is 0 Å². The molecule has 0 aromatic heterocycles. The van der Waals surface area contributed by atoms with Crippen LogP contribution < -0.4 is 0 Å². The molecule has 5 heteroatoms. The van der Waals surface area contributed by atoms with E-state index in [1.807, 2.05) is 0 Å². The smallest absolute Gasteiger partial charge is 0.358 e. The van der Waals surface area contributed by atoms with Gasteiger partial charge in [-0.2, -0.15) is 0 Å². The molecule has 0 aromatic rings. The lowest BCUT2D eigenvalue weighted by molar-refractivity contribution is -0.346. The van der Waals surface area contributed by atoms with Crippen LogP contribution in [0.1, 0.15) is 0 Å². The van der Waals surface area contributed by atoms with Gasteiger partial charge in [-0.05, 0) is 4.92 Å². The minimum Gasteiger partial charge on any atom is -0.358 e. The molecule has 0 amide bonds. The van der Waals surface area contributed by atoms with Crippen molar-refractivity contribution in [2.75, 3.05) is 0 Å². The van der Waals surface area contributed by atoms with E-state index in [2.05, 4.69) is 0 Å². The zero-order chi connectivity index (χ0) is 5.86. The summed E-state index contributed by atoms with van der Waals surface area (Å²) in [5.74, 6) is -0.889. The first-order valence-corrected chi connectivity index (χ1v) is 1.42. The Morgan fingerprint density at radius 3 is 2.29 bits per heavy atom. The minimum atomic E-state index is -0.938. The van der Waals surface area contributed by atoms with Crippen LogP contribution in [-0.2, 0) is 0 Å². The van der Waals surface area contributed by atoms with Gasteiger partial charge in [0.2, 0.25) is 0 Å². The van der Waals surface area contributed by atoms with Crippen molar-refractivity contribution in [3.8, 4) is 0 Å². The summed E-state index contributed by atoms with van der Waals surface area (Å²) in [5, 5.41) is 21.8. The summed E-state index contributed by atoms with van der Waals surface area (Å²) in [7, 11) is 0. The van der Waals surface area contributed by atoms with Gasteiger partial charge in [-0.1, -0.05) is 5.41 Å². The molecule has 38 valence electrons. The van der Waals surface area contributed by atoms with Gasteiger partial charge in [-0.25, -0.2) is 0 Å². The van der Waals surface area contributed by atoms with E-state index in [1.165, 1.54) is 0 Å². The fourth-order valence-electron chi connectivity index (χ4n) is 0.0527. The maximum Gasteiger partial charge on any atom is 0.373 e. The summed E-state index contributed by atoms with van der Waals surface area (Å²) in [4.78, 5) is 8.42. The lowest BCUT2D eigenvalue weighted by atomic mass is 10.7. The van der Waals surface area contributed by atoms with Gasteiger partial charge < -0.3 is 15.5 Å². The number of nitro groups is 1. The van der Waals surface area contributed by atoms with Crippen molar-refractivity contribution >= 4 is 12.1 Å². The van der Waals surface area contributed by atoms with E-state index in [1.54, 1.807) is 0 Å². The first kappa shape index (κ1) is 5.74. The van der Waals surface area contributed by atoms with Crippen LogP contribution in [0, 0.1) is 20.9 Å². The molecule has 0 bridgehead atoms. The van der Waals surface area contributed by atoms with Crippen molar-refractivity contribution in [3.05, 3.63) is 10.1 Å². The predicted octanol–water partition coefficient (Wildman–Crippen LogP) is -0.110.